The minimum atomic E-state index is 1.05. The minimum Gasteiger partial charge on any atom is -0.0651 e. The highest BCUT2D eigenvalue weighted by Crippen LogP contribution is 2.09. The van der Waals surface area contributed by atoms with E-state index in [0.29, 0.717) is 0 Å². The summed E-state index contributed by atoms with van der Waals surface area (Å²) in [4.78, 5) is 0. The fourth-order valence-corrected chi connectivity index (χ4v) is 1.28. The summed E-state index contributed by atoms with van der Waals surface area (Å²) in [5.74, 6) is 2.88. The molecular weight excluding hydrogens is 168 g/mol. The van der Waals surface area contributed by atoms with Crippen molar-refractivity contribution in [2.24, 2.45) is 0 Å². The van der Waals surface area contributed by atoms with Crippen LogP contribution in [-0.2, 0) is 6.42 Å². The second-order valence-electron chi connectivity index (χ2n) is 2.63. The van der Waals surface area contributed by atoms with Gasteiger partial charge in [-0.2, -0.15) is 0 Å². The van der Waals surface area contributed by atoms with Crippen molar-refractivity contribution in [2.45, 2.75) is 19.8 Å². The fraction of sp³-hybridized carbons (Fsp3) is 0.273. The molecule has 0 spiro atoms. The lowest BCUT2D eigenvalue weighted by atomic mass is 10.0. The molecule has 0 aliphatic rings. The molecule has 0 unspecified atom stereocenters. The van der Waals surface area contributed by atoms with E-state index >= 15 is 0 Å². The van der Waals surface area contributed by atoms with Crippen LogP contribution < -0.4 is 0 Å². The van der Waals surface area contributed by atoms with E-state index in [0.717, 1.165) is 18.4 Å². The van der Waals surface area contributed by atoms with Crippen molar-refractivity contribution in [3.8, 4) is 11.3 Å². The van der Waals surface area contributed by atoms with Gasteiger partial charge in [0.1, 0.15) is 0 Å². The maximum absolute atomic E-state index is 5.35. The first-order valence-electron chi connectivity index (χ1n) is 4.08. The van der Waals surface area contributed by atoms with Crippen LogP contribution in [-0.4, -0.2) is 0 Å². The van der Waals surface area contributed by atoms with Crippen LogP contribution in [0.15, 0.2) is 24.3 Å². The molecule has 1 rings (SSSR count). The quantitative estimate of drug-likeness (QED) is 0.611. The molecule has 0 aliphatic heterocycles. The van der Waals surface area contributed by atoms with Gasteiger partial charge < -0.3 is 0 Å². The number of aryl methyl sites for hydroxylation is 1. The molecule has 62 valence electrons. The summed E-state index contributed by atoms with van der Waals surface area (Å²) >= 11 is 5.35. The lowest BCUT2D eigenvalue weighted by Gasteiger charge is -2.00. The molecule has 1 aromatic carbocycles. The lowest BCUT2D eigenvalue weighted by molar-refractivity contribution is 0.919. The van der Waals surface area contributed by atoms with Crippen molar-refractivity contribution >= 4 is 11.6 Å². The SMILES string of the molecule is CCCc1ccccc1C#CCl. The summed E-state index contributed by atoms with van der Waals surface area (Å²) < 4.78 is 0. The summed E-state index contributed by atoms with van der Waals surface area (Å²) in [6, 6.07) is 8.11. The number of hydrogen-bond donors (Lipinski definition) is 0. The van der Waals surface area contributed by atoms with Crippen LogP contribution in [0.25, 0.3) is 0 Å². The average molecular weight is 179 g/mol. The van der Waals surface area contributed by atoms with Gasteiger partial charge in [0, 0.05) is 10.9 Å². The maximum atomic E-state index is 5.35. The molecule has 1 aromatic rings. The largest absolute Gasteiger partial charge is 0.0651 e. The van der Waals surface area contributed by atoms with E-state index in [2.05, 4.69) is 24.3 Å². The van der Waals surface area contributed by atoms with Gasteiger partial charge in [0.25, 0.3) is 0 Å². The minimum absolute atomic E-state index is 1.05. The monoisotopic (exact) mass is 178 g/mol. The lowest BCUT2D eigenvalue weighted by Crippen LogP contribution is -1.87. The Morgan fingerprint density at radius 3 is 2.75 bits per heavy atom. The summed E-state index contributed by atoms with van der Waals surface area (Å²) in [6.45, 7) is 2.16. The first-order valence-corrected chi connectivity index (χ1v) is 4.45. The smallest absolute Gasteiger partial charge is 0.0289 e. The molecule has 0 radical (unpaired) electrons. The summed E-state index contributed by atoms with van der Waals surface area (Å²) in [7, 11) is 0. The van der Waals surface area contributed by atoms with Crippen molar-refractivity contribution in [3.63, 3.8) is 0 Å². The summed E-state index contributed by atoms with van der Waals surface area (Å²) in [6.07, 6.45) is 2.21. The van der Waals surface area contributed by atoms with Crippen LogP contribution in [0.1, 0.15) is 24.5 Å². The molecule has 0 saturated heterocycles. The molecule has 0 fully saturated rings. The van der Waals surface area contributed by atoms with Crippen molar-refractivity contribution in [1.82, 2.24) is 0 Å². The molecule has 0 aliphatic carbocycles. The summed E-state index contributed by atoms with van der Waals surface area (Å²) in [5.41, 5.74) is 2.34. The molecular formula is C11H11Cl. The van der Waals surface area contributed by atoms with Crippen molar-refractivity contribution in [2.75, 3.05) is 0 Å². The number of benzene rings is 1. The highest BCUT2D eigenvalue weighted by atomic mass is 35.5. The second-order valence-corrected chi connectivity index (χ2v) is 2.82. The van der Waals surface area contributed by atoms with Gasteiger partial charge in [-0.15, -0.1) is 0 Å². The third-order valence-corrected chi connectivity index (χ3v) is 1.81. The van der Waals surface area contributed by atoms with Gasteiger partial charge in [0.05, 0.1) is 0 Å². The van der Waals surface area contributed by atoms with Gasteiger partial charge in [-0.05, 0) is 35.6 Å². The molecule has 0 heterocycles. The van der Waals surface area contributed by atoms with Crippen LogP contribution in [0.3, 0.4) is 0 Å². The number of rotatable bonds is 2. The van der Waals surface area contributed by atoms with Gasteiger partial charge >= 0.3 is 0 Å². The van der Waals surface area contributed by atoms with Gasteiger partial charge in [-0.25, -0.2) is 0 Å². The third-order valence-electron chi connectivity index (χ3n) is 1.72. The van der Waals surface area contributed by atoms with Crippen LogP contribution in [0.5, 0.6) is 0 Å². The first-order chi connectivity index (χ1) is 5.88. The molecule has 12 heavy (non-hydrogen) atoms. The zero-order valence-corrected chi connectivity index (χ0v) is 7.86. The predicted molar refractivity (Wildman–Crippen MR) is 53.2 cm³/mol. The van der Waals surface area contributed by atoms with E-state index in [4.69, 9.17) is 11.6 Å². The molecule has 0 amide bonds. The van der Waals surface area contributed by atoms with Crippen LogP contribution >= 0.6 is 11.6 Å². The number of hydrogen-bond acceptors (Lipinski definition) is 0. The Balaban J connectivity index is 2.97. The molecule has 0 bridgehead atoms. The van der Waals surface area contributed by atoms with Gasteiger partial charge in [-0.1, -0.05) is 31.5 Å². The van der Waals surface area contributed by atoms with Crippen LogP contribution in [0, 0.1) is 11.3 Å². The Hall–Kier alpha value is -0.930. The first kappa shape index (κ1) is 9.16. The maximum Gasteiger partial charge on any atom is 0.0289 e. The highest BCUT2D eigenvalue weighted by Gasteiger charge is 1.95. The van der Waals surface area contributed by atoms with Gasteiger partial charge in [-0.3, -0.25) is 0 Å². The molecule has 0 N–H and O–H groups in total. The van der Waals surface area contributed by atoms with E-state index in [9.17, 15) is 0 Å². The van der Waals surface area contributed by atoms with Crippen LogP contribution in [0.2, 0.25) is 0 Å². The predicted octanol–water partition coefficient (Wildman–Crippen LogP) is 3.19. The normalized spacial score (nSPS) is 8.83. The van der Waals surface area contributed by atoms with Crippen molar-refractivity contribution < 1.29 is 0 Å². The Labute approximate surface area is 78.6 Å². The van der Waals surface area contributed by atoms with E-state index in [1.807, 2.05) is 18.2 Å². The van der Waals surface area contributed by atoms with E-state index in [1.165, 1.54) is 5.56 Å². The Kier molecular flexibility index (Phi) is 3.70. The Morgan fingerprint density at radius 2 is 2.08 bits per heavy atom. The second kappa shape index (κ2) is 4.85. The Bertz CT molecular complexity index is 304. The molecule has 0 atom stereocenters. The van der Waals surface area contributed by atoms with Crippen LogP contribution in [0.4, 0.5) is 0 Å². The molecule has 0 aromatic heterocycles. The standard InChI is InChI=1S/C11H11Cl/c1-2-5-10-6-3-4-7-11(10)8-9-12/h3-4,6-7H,2,5H2,1H3. The average Bonchev–Trinajstić information content (AvgIpc) is 2.09. The highest BCUT2D eigenvalue weighted by molar-refractivity contribution is 6.30. The molecule has 0 saturated carbocycles. The summed E-state index contributed by atoms with van der Waals surface area (Å²) in [5, 5.41) is 2.41. The van der Waals surface area contributed by atoms with E-state index in [-0.39, 0.29) is 0 Å². The van der Waals surface area contributed by atoms with Crippen molar-refractivity contribution in [1.29, 1.82) is 0 Å². The molecule has 1 heteroatoms. The van der Waals surface area contributed by atoms with Gasteiger partial charge in [0.15, 0.2) is 0 Å². The van der Waals surface area contributed by atoms with Gasteiger partial charge in [0.2, 0.25) is 0 Å². The third kappa shape index (κ3) is 2.29. The fourth-order valence-electron chi connectivity index (χ4n) is 1.18. The molecule has 0 nitrogen and oxygen atoms in total. The zero-order valence-electron chi connectivity index (χ0n) is 7.10. The topological polar surface area (TPSA) is 0 Å². The zero-order chi connectivity index (χ0) is 8.81. The van der Waals surface area contributed by atoms with E-state index in [1.54, 1.807) is 0 Å². The Morgan fingerprint density at radius 1 is 1.33 bits per heavy atom. The number of halogens is 1. The van der Waals surface area contributed by atoms with E-state index < -0.39 is 0 Å². The van der Waals surface area contributed by atoms with Crippen molar-refractivity contribution in [3.05, 3.63) is 35.4 Å².